The third-order valence-corrected chi connectivity index (χ3v) is 4.09. The molecule has 0 unspecified atom stereocenters. The van der Waals surface area contributed by atoms with E-state index in [-0.39, 0.29) is 28.5 Å². The van der Waals surface area contributed by atoms with Crippen LogP contribution in [0, 0.1) is 10.1 Å². The number of aromatic nitrogens is 1. The second-order valence-corrected chi connectivity index (χ2v) is 5.65. The fourth-order valence-electron chi connectivity index (χ4n) is 2.58. The van der Waals surface area contributed by atoms with E-state index in [1.54, 1.807) is 11.9 Å². The number of carbonyl (C=O) groups excluding carboxylic acids is 1. The molecular formula is C13H17ClN4O3. The summed E-state index contributed by atoms with van der Waals surface area (Å²) >= 11 is 5.75. The summed E-state index contributed by atoms with van der Waals surface area (Å²) in [6, 6.07) is 1.46. The SMILES string of the molecule is CN(C(=O)c1cc(Cl)ncc1[N+](=O)[O-])C1CCC(N)CC1. The third kappa shape index (κ3) is 3.48. The first-order chi connectivity index (χ1) is 9.90. The minimum Gasteiger partial charge on any atom is -0.339 e. The van der Waals surface area contributed by atoms with Crippen molar-refractivity contribution in [1.82, 2.24) is 9.88 Å². The minimum absolute atomic E-state index is 0.0302. The second-order valence-electron chi connectivity index (χ2n) is 5.27. The van der Waals surface area contributed by atoms with E-state index in [4.69, 9.17) is 17.3 Å². The van der Waals surface area contributed by atoms with Crippen LogP contribution in [0.3, 0.4) is 0 Å². The van der Waals surface area contributed by atoms with Gasteiger partial charge in [-0.15, -0.1) is 0 Å². The van der Waals surface area contributed by atoms with Crippen molar-refractivity contribution in [2.45, 2.75) is 37.8 Å². The molecule has 2 rings (SSSR count). The van der Waals surface area contributed by atoms with Crippen molar-refractivity contribution in [2.75, 3.05) is 7.05 Å². The summed E-state index contributed by atoms with van der Waals surface area (Å²) in [5, 5.41) is 11.1. The number of rotatable bonds is 3. The van der Waals surface area contributed by atoms with Crippen LogP contribution in [0.5, 0.6) is 0 Å². The summed E-state index contributed by atoms with van der Waals surface area (Å²) in [7, 11) is 1.65. The van der Waals surface area contributed by atoms with Gasteiger partial charge in [-0.05, 0) is 31.7 Å². The highest BCUT2D eigenvalue weighted by molar-refractivity contribution is 6.29. The van der Waals surface area contributed by atoms with Gasteiger partial charge in [0.25, 0.3) is 11.6 Å². The Morgan fingerprint density at radius 3 is 2.67 bits per heavy atom. The molecule has 1 aromatic rings. The van der Waals surface area contributed by atoms with Crippen molar-refractivity contribution in [2.24, 2.45) is 5.73 Å². The van der Waals surface area contributed by atoms with Crippen LogP contribution >= 0.6 is 11.6 Å². The van der Waals surface area contributed by atoms with Crippen LogP contribution in [0.25, 0.3) is 0 Å². The molecule has 7 nitrogen and oxygen atoms in total. The van der Waals surface area contributed by atoms with Crippen LogP contribution in [0.4, 0.5) is 5.69 Å². The van der Waals surface area contributed by atoms with Gasteiger partial charge in [-0.25, -0.2) is 4.98 Å². The van der Waals surface area contributed by atoms with Gasteiger partial charge in [0.05, 0.1) is 4.92 Å². The highest BCUT2D eigenvalue weighted by Gasteiger charge is 2.29. The van der Waals surface area contributed by atoms with Crippen molar-refractivity contribution in [3.8, 4) is 0 Å². The van der Waals surface area contributed by atoms with E-state index in [2.05, 4.69) is 4.98 Å². The van der Waals surface area contributed by atoms with Gasteiger partial charge in [-0.3, -0.25) is 14.9 Å². The van der Waals surface area contributed by atoms with Crippen LogP contribution in [0.1, 0.15) is 36.0 Å². The van der Waals surface area contributed by atoms with Gasteiger partial charge in [0, 0.05) is 19.1 Å². The number of carbonyl (C=O) groups is 1. The van der Waals surface area contributed by atoms with Crippen LogP contribution < -0.4 is 5.73 Å². The molecule has 1 fully saturated rings. The van der Waals surface area contributed by atoms with Gasteiger partial charge in [-0.2, -0.15) is 0 Å². The summed E-state index contributed by atoms with van der Waals surface area (Å²) in [5.74, 6) is -0.411. The van der Waals surface area contributed by atoms with E-state index < -0.39 is 10.8 Å². The Kier molecular flexibility index (Phi) is 4.74. The maximum absolute atomic E-state index is 12.5. The topological polar surface area (TPSA) is 102 Å². The summed E-state index contributed by atoms with van der Waals surface area (Å²) in [6.45, 7) is 0. The fourth-order valence-corrected chi connectivity index (χ4v) is 2.74. The first-order valence-corrected chi connectivity index (χ1v) is 7.10. The number of pyridine rings is 1. The fraction of sp³-hybridized carbons (Fsp3) is 0.538. The molecule has 0 aromatic carbocycles. The maximum Gasteiger partial charge on any atom is 0.300 e. The molecule has 1 amide bonds. The van der Waals surface area contributed by atoms with Crippen molar-refractivity contribution in [1.29, 1.82) is 0 Å². The predicted octanol–water partition coefficient (Wildman–Crippen LogP) is 1.99. The zero-order valence-electron chi connectivity index (χ0n) is 11.7. The molecule has 1 aliphatic carbocycles. The van der Waals surface area contributed by atoms with Gasteiger partial charge in [-0.1, -0.05) is 11.6 Å². The largest absolute Gasteiger partial charge is 0.339 e. The zero-order chi connectivity index (χ0) is 15.6. The van der Waals surface area contributed by atoms with E-state index in [9.17, 15) is 14.9 Å². The Hall–Kier alpha value is -1.73. The van der Waals surface area contributed by atoms with E-state index in [1.165, 1.54) is 6.07 Å². The van der Waals surface area contributed by atoms with E-state index >= 15 is 0 Å². The van der Waals surface area contributed by atoms with Crippen molar-refractivity contribution >= 4 is 23.2 Å². The molecule has 0 atom stereocenters. The number of halogens is 1. The molecule has 0 spiro atoms. The molecule has 0 aliphatic heterocycles. The minimum atomic E-state index is -0.624. The summed E-state index contributed by atoms with van der Waals surface area (Å²) in [4.78, 5) is 28.1. The number of amides is 1. The van der Waals surface area contributed by atoms with Crippen LogP contribution in [0.2, 0.25) is 5.15 Å². The first-order valence-electron chi connectivity index (χ1n) is 6.73. The molecule has 1 heterocycles. The molecule has 1 aliphatic rings. The number of nitrogens with zero attached hydrogens (tertiary/aromatic N) is 3. The molecule has 1 saturated carbocycles. The van der Waals surface area contributed by atoms with Crippen molar-refractivity contribution in [3.05, 3.63) is 33.1 Å². The van der Waals surface area contributed by atoms with E-state index in [0.717, 1.165) is 31.9 Å². The smallest absolute Gasteiger partial charge is 0.300 e. The number of nitro groups is 1. The summed E-state index contributed by atoms with van der Waals surface area (Å²) < 4.78 is 0. The second kappa shape index (κ2) is 6.36. The third-order valence-electron chi connectivity index (χ3n) is 3.89. The van der Waals surface area contributed by atoms with Gasteiger partial charge < -0.3 is 10.6 Å². The number of hydrogen-bond acceptors (Lipinski definition) is 5. The predicted molar refractivity (Wildman–Crippen MR) is 78.2 cm³/mol. The summed E-state index contributed by atoms with van der Waals surface area (Å²) in [6.07, 6.45) is 4.31. The number of hydrogen-bond donors (Lipinski definition) is 1. The molecule has 21 heavy (non-hydrogen) atoms. The van der Waals surface area contributed by atoms with Crippen molar-refractivity contribution in [3.63, 3.8) is 0 Å². The molecular weight excluding hydrogens is 296 g/mol. The highest BCUT2D eigenvalue weighted by atomic mass is 35.5. The molecule has 8 heteroatoms. The Balaban J connectivity index is 2.23. The lowest BCUT2D eigenvalue weighted by molar-refractivity contribution is -0.385. The van der Waals surface area contributed by atoms with Crippen LogP contribution in [0.15, 0.2) is 12.3 Å². The monoisotopic (exact) mass is 312 g/mol. The van der Waals surface area contributed by atoms with Gasteiger partial charge >= 0.3 is 0 Å². The maximum atomic E-state index is 12.5. The van der Waals surface area contributed by atoms with Gasteiger partial charge in [0.2, 0.25) is 0 Å². The van der Waals surface area contributed by atoms with Crippen LogP contribution in [-0.4, -0.2) is 39.8 Å². The lowest BCUT2D eigenvalue weighted by atomic mass is 9.90. The molecule has 1 aromatic heterocycles. The average Bonchev–Trinajstić information content (AvgIpc) is 2.46. The molecule has 0 bridgehead atoms. The number of nitrogens with two attached hydrogens (primary N) is 1. The molecule has 0 saturated heterocycles. The Bertz CT molecular complexity index is 558. The van der Waals surface area contributed by atoms with E-state index in [0.29, 0.717) is 0 Å². The normalized spacial score (nSPS) is 21.9. The standard InChI is InChI=1S/C13H17ClN4O3/c1-17(9-4-2-8(15)3-5-9)13(19)10-6-12(14)16-7-11(10)18(20)21/h6-9H,2-5,15H2,1H3. The Morgan fingerprint density at radius 2 is 2.10 bits per heavy atom. The van der Waals surface area contributed by atoms with Gasteiger partial charge in [0.1, 0.15) is 16.9 Å². The zero-order valence-corrected chi connectivity index (χ0v) is 12.4. The Labute approximate surface area is 127 Å². The first kappa shape index (κ1) is 15.7. The quantitative estimate of drug-likeness (QED) is 0.522. The highest BCUT2D eigenvalue weighted by Crippen LogP contribution is 2.26. The van der Waals surface area contributed by atoms with Crippen LogP contribution in [-0.2, 0) is 0 Å². The lowest BCUT2D eigenvalue weighted by Gasteiger charge is -2.33. The Morgan fingerprint density at radius 1 is 1.48 bits per heavy atom. The van der Waals surface area contributed by atoms with E-state index in [1.807, 2.05) is 0 Å². The lowest BCUT2D eigenvalue weighted by Crippen LogP contribution is -2.42. The molecule has 2 N–H and O–H groups in total. The molecule has 114 valence electrons. The average molecular weight is 313 g/mol. The summed E-state index contributed by atoms with van der Waals surface area (Å²) in [5.41, 5.74) is 5.49. The van der Waals surface area contributed by atoms with Crippen molar-refractivity contribution < 1.29 is 9.72 Å². The molecule has 0 radical (unpaired) electrons. The van der Waals surface area contributed by atoms with Gasteiger partial charge in [0.15, 0.2) is 0 Å².